The number of furan rings is 1. The lowest BCUT2D eigenvalue weighted by molar-refractivity contribution is -0.119. The van der Waals surface area contributed by atoms with E-state index in [0.29, 0.717) is 5.75 Å². The summed E-state index contributed by atoms with van der Waals surface area (Å²) in [4.78, 5) is 12.8. The van der Waals surface area contributed by atoms with Crippen LogP contribution in [-0.4, -0.2) is 11.7 Å². The number of nitrogens with one attached hydrogen (secondary N) is 1. The van der Waals surface area contributed by atoms with Crippen LogP contribution in [0.15, 0.2) is 45.9 Å². The summed E-state index contributed by atoms with van der Waals surface area (Å²) in [6.07, 6.45) is 1.60. The van der Waals surface area contributed by atoms with Gasteiger partial charge in [-0.3, -0.25) is 4.79 Å². The second-order valence-corrected chi connectivity index (χ2v) is 5.60. The third kappa shape index (κ3) is 3.57. The number of carbonyl (C=O) groups is 1. The van der Waals surface area contributed by atoms with Crippen molar-refractivity contribution in [3.05, 3.63) is 47.9 Å². The number of hydrogen-bond acceptors (Lipinski definition) is 4. The number of anilines is 1. The molecule has 1 unspecified atom stereocenters. The van der Waals surface area contributed by atoms with Crippen molar-refractivity contribution in [2.75, 3.05) is 11.5 Å². The average Bonchev–Trinajstić information content (AvgIpc) is 2.94. The van der Waals surface area contributed by atoms with Crippen LogP contribution in [-0.2, 0) is 4.79 Å². The van der Waals surface area contributed by atoms with Gasteiger partial charge in [-0.15, -0.1) is 11.8 Å². The summed E-state index contributed by atoms with van der Waals surface area (Å²) in [6.45, 7) is 3.85. The van der Waals surface area contributed by atoms with E-state index in [2.05, 4.69) is 5.32 Å². The molecule has 2 rings (SSSR count). The van der Waals surface area contributed by atoms with Gasteiger partial charge in [0.05, 0.1) is 18.1 Å². The van der Waals surface area contributed by atoms with Gasteiger partial charge in [-0.25, -0.2) is 0 Å². The number of carbonyl (C=O) groups excluding carboxylic acids is 1. The number of benzene rings is 1. The maximum absolute atomic E-state index is 11.9. The fraction of sp³-hybridized carbons (Fsp3) is 0.267. The minimum atomic E-state index is -0.132. The molecular formula is C15H18N2O2S. The lowest BCUT2D eigenvalue weighted by Gasteiger charge is -2.12. The molecule has 2 aromatic rings. The highest BCUT2D eigenvalue weighted by Crippen LogP contribution is 2.27. The number of aryl methyl sites for hydroxylation is 1. The van der Waals surface area contributed by atoms with Crippen LogP contribution in [0.1, 0.15) is 24.3 Å². The van der Waals surface area contributed by atoms with E-state index in [0.717, 1.165) is 21.9 Å². The molecule has 1 amide bonds. The van der Waals surface area contributed by atoms with Crippen molar-refractivity contribution in [2.24, 2.45) is 0 Å². The maximum Gasteiger partial charge on any atom is 0.230 e. The molecule has 106 valence electrons. The van der Waals surface area contributed by atoms with Gasteiger partial charge < -0.3 is 15.5 Å². The van der Waals surface area contributed by atoms with E-state index in [1.54, 1.807) is 12.3 Å². The standard InChI is InChI=1S/C15H18N2O2S/c1-10-5-3-7-13(15(10)16)20-9-14(18)17-11(2)12-6-4-8-19-12/h3-8,11H,9,16H2,1-2H3,(H,17,18). The molecule has 0 radical (unpaired) electrons. The van der Waals surface area contributed by atoms with Gasteiger partial charge in [-0.2, -0.15) is 0 Å². The SMILES string of the molecule is Cc1cccc(SCC(=O)NC(C)c2ccco2)c1N. The van der Waals surface area contributed by atoms with Gasteiger partial charge in [0.2, 0.25) is 5.91 Å². The summed E-state index contributed by atoms with van der Waals surface area (Å²) in [5.74, 6) is 1.04. The van der Waals surface area contributed by atoms with Crippen molar-refractivity contribution in [1.82, 2.24) is 5.32 Å². The Labute approximate surface area is 122 Å². The minimum absolute atomic E-state index is 0.0418. The quantitative estimate of drug-likeness (QED) is 0.655. The molecule has 0 aliphatic carbocycles. The van der Waals surface area contributed by atoms with Crippen LogP contribution >= 0.6 is 11.8 Å². The van der Waals surface area contributed by atoms with E-state index in [4.69, 9.17) is 10.2 Å². The monoisotopic (exact) mass is 290 g/mol. The number of amides is 1. The fourth-order valence-electron chi connectivity index (χ4n) is 1.81. The highest BCUT2D eigenvalue weighted by atomic mass is 32.2. The smallest absolute Gasteiger partial charge is 0.230 e. The van der Waals surface area contributed by atoms with Crippen LogP contribution in [0, 0.1) is 6.92 Å². The molecule has 0 fully saturated rings. The summed E-state index contributed by atoms with van der Waals surface area (Å²) in [5.41, 5.74) is 7.75. The van der Waals surface area contributed by atoms with Crippen molar-refractivity contribution in [2.45, 2.75) is 24.8 Å². The molecule has 0 saturated carbocycles. The van der Waals surface area contributed by atoms with Crippen LogP contribution < -0.4 is 11.1 Å². The molecule has 3 N–H and O–H groups in total. The highest BCUT2D eigenvalue weighted by Gasteiger charge is 2.12. The summed E-state index contributed by atoms with van der Waals surface area (Å²) < 4.78 is 5.25. The van der Waals surface area contributed by atoms with Gasteiger partial charge in [0, 0.05) is 10.6 Å². The largest absolute Gasteiger partial charge is 0.467 e. The molecule has 0 aliphatic heterocycles. The number of thioether (sulfide) groups is 1. The van der Waals surface area contributed by atoms with Crippen molar-refractivity contribution in [1.29, 1.82) is 0 Å². The molecule has 1 aromatic carbocycles. The summed E-state index contributed by atoms with van der Waals surface area (Å²) in [7, 11) is 0. The molecule has 5 heteroatoms. The van der Waals surface area contributed by atoms with Gasteiger partial charge in [0.25, 0.3) is 0 Å². The van der Waals surface area contributed by atoms with Crippen molar-refractivity contribution in [3.63, 3.8) is 0 Å². The Morgan fingerprint density at radius 3 is 2.90 bits per heavy atom. The van der Waals surface area contributed by atoms with Gasteiger partial charge in [0.15, 0.2) is 0 Å². The molecule has 0 spiro atoms. The fourth-order valence-corrected chi connectivity index (χ4v) is 2.68. The number of nitrogen functional groups attached to an aromatic ring is 1. The van der Waals surface area contributed by atoms with E-state index in [1.165, 1.54) is 11.8 Å². The number of rotatable bonds is 5. The Bertz CT molecular complexity index is 582. The van der Waals surface area contributed by atoms with Gasteiger partial charge in [-0.05, 0) is 37.6 Å². The maximum atomic E-state index is 11.9. The predicted octanol–water partition coefficient (Wildman–Crippen LogP) is 3.14. The topological polar surface area (TPSA) is 68.3 Å². The molecule has 1 heterocycles. The van der Waals surface area contributed by atoms with Crippen molar-refractivity contribution < 1.29 is 9.21 Å². The van der Waals surface area contributed by atoms with Gasteiger partial charge >= 0.3 is 0 Å². The zero-order valence-corrected chi connectivity index (χ0v) is 12.4. The van der Waals surface area contributed by atoms with Crippen molar-refractivity contribution in [3.8, 4) is 0 Å². The Morgan fingerprint density at radius 1 is 1.40 bits per heavy atom. The molecule has 0 bridgehead atoms. The summed E-state index contributed by atoms with van der Waals surface area (Å²) in [6, 6.07) is 9.34. The van der Waals surface area contributed by atoms with Crippen molar-refractivity contribution >= 4 is 23.4 Å². The van der Waals surface area contributed by atoms with Crippen LogP contribution in [0.25, 0.3) is 0 Å². The number of hydrogen-bond donors (Lipinski definition) is 2. The first-order valence-corrected chi connectivity index (χ1v) is 7.37. The first-order chi connectivity index (χ1) is 9.58. The third-order valence-electron chi connectivity index (χ3n) is 2.99. The molecule has 0 saturated heterocycles. The zero-order chi connectivity index (χ0) is 14.5. The second kappa shape index (κ2) is 6.52. The lowest BCUT2D eigenvalue weighted by Crippen LogP contribution is -2.27. The Balaban J connectivity index is 1.88. The Morgan fingerprint density at radius 2 is 2.20 bits per heavy atom. The minimum Gasteiger partial charge on any atom is -0.467 e. The van der Waals surface area contributed by atoms with Crippen LogP contribution in [0.4, 0.5) is 5.69 Å². The first kappa shape index (κ1) is 14.5. The third-order valence-corrected chi connectivity index (χ3v) is 4.06. The molecule has 1 atom stereocenters. The Hall–Kier alpha value is -1.88. The van der Waals surface area contributed by atoms with E-state index in [1.807, 2.05) is 38.1 Å². The number of para-hydroxylation sites is 1. The van der Waals surface area contributed by atoms with E-state index < -0.39 is 0 Å². The van der Waals surface area contributed by atoms with E-state index in [9.17, 15) is 4.79 Å². The first-order valence-electron chi connectivity index (χ1n) is 6.38. The molecular weight excluding hydrogens is 272 g/mol. The number of nitrogens with two attached hydrogens (primary N) is 1. The van der Waals surface area contributed by atoms with Gasteiger partial charge in [0.1, 0.15) is 5.76 Å². The van der Waals surface area contributed by atoms with E-state index >= 15 is 0 Å². The highest BCUT2D eigenvalue weighted by molar-refractivity contribution is 8.00. The predicted molar refractivity (Wildman–Crippen MR) is 81.6 cm³/mol. The summed E-state index contributed by atoms with van der Waals surface area (Å²) >= 11 is 1.44. The summed E-state index contributed by atoms with van der Waals surface area (Å²) in [5, 5.41) is 2.89. The second-order valence-electron chi connectivity index (χ2n) is 4.58. The van der Waals surface area contributed by atoms with Gasteiger partial charge in [-0.1, -0.05) is 12.1 Å². The zero-order valence-electron chi connectivity index (χ0n) is 11.6. The molecule has 20 heavy (non-hydrogen) atoms. The average molecular weight is 290 g/mol. The van der Waals surface area contributed by atoms with E-state index in [-0.39, 0.29) is 11.9 Å². The molecule has 0 aliphatic rings. The Kier molecular flexibility index (Phi) is 4.74. The lowest BCUT2D eigenvalue weighted by atomic mass is 10.2. The molecule has 1 aromatic heterocycles. The van der Waals surface area contributed by atoms with Crippen LogP contribution in [0.5, 0.6) is 0 Å². The van der Waals surface area contributed by atoms with Crippen LogP contribution in [0.2, 0.25) is 0 Å². The normalized spacial score (nSPS) is 12.1. The molecule has 4 nitrogen and oxygen atoms in total. The van der Waals surface area contributed by atoms with Crippen LogP contribution in [0.3, 0.4) is 0 Å².